The van der Waals surface area contributed by atoms with Crippen LogP contribution in [0.1, 0.15) is 33.6 Å². The van der Waals surface area contributed by atoms with E-state index in [4.69, 9.17) is 9.47 Å². The molecule has 5 heteroatoms. The Morgan fingerprint density at radius 1 is 1.33 bits per heavy atom. The molecule has 0 bridgehead atoms. The van der Waals surface area contributed by atoms with E-state index in [0.717, 1.165) is 39.1 Å². The van der Waals surface area contributed by atoms with Gasteiger partial charge in [-0.1, -0.05) is 20.8 Å². The van der Waals surface area contributed by atoms with Crippen LogP contribution in [-0.2, 0) is 9.47 Å². The molecule has 0 aliphatic carbocycles. The fourth-order valence-corrected chi connectivity index (χ4v) is 2.36. The number of aliphatic hydroxyl groups excluding tert-OH is 1. The van der Waals surface area contributed by atoms with E-state index < -0.39 is 17.8 Å². The first-order valence-electron chi connectivity index (χ1n) is 6.54. The molecule has 1 atom stereocenters. The molecule has 0 saturated carbocycles. The Morgan fingerprint density at radius 3 is 2.39 bits per heavy atom. The summed E-state index contributed by atoms with van der Waals surface area (Å²) in [6.07, 6.45) is 0.558. The van der Waals surface area contributed by atoms with Crippen molar-refractivity contribution < 1.29 is 19.4 Å². The molecular formula is C13H23NO4. The van der Waals surface area contributed by atoms with Gasteiger partial charge in [0.05, 0.1) is 0 Å². The van der Waals surface area contributed by atoms with E-state index in [1.54, 1.807) is 4.90 Å². The highest BCUT2D eigenvalue weighted by Crippen LogP contribution is 2.40. The third-order valence-electron chi connectivity index (χ3n) is 3.82. The number of aliphatic hydroxyl groups is 1. The highest BCUT2D eigenvalue weighted by atomic mass is 16.6. The van der Waals surface area contributed by atoms with Crippen molar-refractivity contribution in [2.45, 2.75) is 39.9 Å². The Kier molecular flexibility index (Phi) is 3.56. The van der Waals surface area contributed by atoms with Crippen molar-refractivity contribution in [3.8, 4) is 0 Å². The smallest absolute Gasteiger partial charge is 0.412 e. The van der Waals surface area contributed by atoms with Crippen molar-refractivity contribution in [1.29, 1.82) is 0 Å². The van der Waals surface area contributed by atoms with Crippen molar-refractivity contribution in [3.05, 3.63) is 0 Å². The van der Waals surface area contributed by atoms with E-state index in [1.165, 1.54) is 0 Å². The predicted molar refractivity (Wildman–Crippen MR) is 66.0 cm³/mol. The van der Waals surface area contributed by atoms with Crippen LogP contribution in [0.3, 0.4) is 0 Å². The van der Waals surface area contributed by atoms with Gasteiger partial charge in [-0.05, 0) is 12.8 Å². The molecule has 2 fully saturated rings. The Labute approximate surface area is 108 Å². The van der Waals surface area contributed by atoms with Gasteiger partial charge in [0.2, 0.25) is 6.29 Å². The van der Waals surface area contributed by atoms with E-state index in [-0.39, 0.29) is 5.41 Å². The van der Waals surface area contributed by atoms with Crippen LogP contribution in [0.5, 0.6) is 0 Å². The molecule has 1 N–H and O–H groups in total. The second-order valence-electron chi connectivity index (χ2n) is 6.57. The fraction of sp³-hybridized carbons (Fsp3) is 0.923. The monoisotopic (exact) mass is 257 g/mol. The normalized spacial score (nSPS) is 24.6. The predicted octanol–water partition coefficient (Wildman–Crippen LogP) is 1.60. The van der Waals surface area contributed by atoms with Crippen LogP contribution in [0.2, 0.25) is 0 Å². The molecule has 1 spiro atoms. The third kappa shape index (κ3) is 2.78. The van der Waals surface area contributed by atoms with Gasteiger partial charge in [-0.15, -0.1) is 0 Å². The molecular weight excluding hydrogens is 234 g/mol. The molecule has 2 aliphatic rings. The maximum atomic E-state index is 11.8. The lowest BCUT2D eigenvalue weighted by Gasteiger charge is -2.51. The van der Waals surface area contributed by atoms with Crippen molar-refractivity contribution >= 4 is 6.09 Å². The number of hydrogen-bond donors (Lipinski definition) is 1. The van der Waals surface area contributed by atoms with Crippen molar-refractivity contribution in [1.82, 2.24) is 4.90 Å². The zero-order chi connectivity index (χ0) is 13.4. The summed E-state index contributed by atoms with van der Waals surface area (Å²) < 4.78 is 10.4. The molecule has 0 aromatic rings. The van der Waals surface area contributed by atoms with Gasteiger partial charge in [0, 0.05) is 37.1 Å². The molecule has 1 unspecified atom stereocenters. The van der Waals surface area contributed by atoms with E-state index in [0.29, 0.717) is 0 Å². The van der Waals surface area contributed by atoms with E-state index in [1.807, 2.05) is 20.8 Å². The zero-order valence-electron chi connectivity index (χ0n) is 11.4. The van der Waals surface area contributed by atoms with Crippen LogP contribution in [0.4, 0.5) is 4.79 Å². The number of amides is 1. The summed E-state index contributed by atoms with van der Waals surface area (Å²) >= 11 is 0. The topological polar surface area (TPSA) is 59.0 Å². The highest BCUT2D eigenvalue weighted by Gasteiger charge is 2.47. The van der Waals surface area contributed by atoms with Gasteiger partial charge in [-0.3, -0.25) is 0 Å². The van der Waals surface area contributed by atoms with Crippen molar-refractivity contribution in [3.63, 3.8) is 0 Å². The van der Waals surface area contributed by atoms with Crippen LogP contribution in [-0.4, -0.2) is 48.7 Å². The average Bonchev–Trinajstić information content (AvgIpc) is 2.25. The number of hydrogen-bond acceptors (Lipinski definition) is 4. The minimum Gasteiger partial charge on any atom is -0.419 e. The van der Waals surface area contributed by atoms with Gasteiger partial charge < -0.3 is 19.5 Å². The molecule has 5 nitrogen and oxygen atoms in total. The summed E-state index contributed by atoms with van der Waals surface area (Å²) in [4.78, 5) is 13.5. The van der Waals surface area contributed by atoms with Crippen molar-refractivity contribution in [2.24, 2.45) is 10.8 Å². The Bertz CT molecular complexity index is 309. The van der Waals surface area contributed by atoms with E-state index >= 15 is 0 Å². The lowest BCUT2D eigenvalue weighted by molar-refractivity contribution is -0.143. The quantitative estimate of drug-likeness (QED) is 0.725. The summed E-state index contributed by atoms with van der Waals surface area (Å²) in [5, 5.41) is 9.74. The van der Waals surface area contributed by atoms with Crippen molar-refractivity contribution in [2.75, 3.05) is 26.3 Å². The molecule has 0 radical (unpaired) electrons. The number of likely N-dealkylation sites (tertiary alicyclic amines) is 1. The highest BCUT2D eigenvalue weighted by molar-refractivity contribution is 5.69. The Hall–Kier alpha value is -0.810. The average molecular weight is 257 g/mol. The number of nitrogens with zero attached hydrogens (tertiary/aromatic N) is 1. The van der Waals surface area contributed by atoms with Crippen LogP contribution in [0.25, 0.3) is 0 Å². The van der Waals surface area contributed by atoms with Crippen LogP contribution < -0.4 is 0 Å². The number of carbonyl (C=O) groups excluding carboxylic acids is 1. The molecule has 0 aromatic carbocycles. The standard InChI is InChI=1S/C13H23NO4/c1-12(2,3)10(15)18-11(16)14-8-13(9-14)4-6-17-7-5-13/h10,15H,4-9H2,1-3H3. The Morgan fingerprint density at radius 2 is 1.89 bits per heavy atom. The zero-order valence-corrected chi connectivity index (χ0v) is 11.4. The van der Waals surface area contributed by atoms with Crippen LogP contribution in [0, 0.1) is 10.8 Å². The van der Waals surface area contributed by atoms with Gasteiger partial charge in [0.25, 0.3) is 0 Å². The summed E-state index contributed by atoms with van der Waals surface area (Å²) in [5.74, 6) is 0. The first-order valence-corrected chi connectivity index (χ1v) is 6.54. The van der Waals surface area contributed by atoms with Crippen LogP contribution >= 0.6 is 0 Å². The number of carbonyl (C=O) groups is 1. The van der Waals surface area contributed by atoms with Gasteiger partial charge in [0.15, 0.2) is 0 Å². The molecule has 1 amide bonds. The first kappa shape index (κ1) is 13.6. The van der Waals surface area contributed by atoms with Gasteiger partial charge in [-0.2, -0.15) is 0 Å². The summed E-state index contributed by atoms with van der Waals surface area (Å²) in [7, 11) is 0. The lowest BCUT2D eigenvalue weighted by Crippen LogP contribution is -2.60. The fourth-order valence-electron chi connectivity index (χ4n) is 2.36. The third-order valence-corrected chi connectivity index (χ3v) is 3.82. The molecule has 18 heavy (non-hydrogen) atoms. The molecule has 0 aromatic heterocycles. The van der Waals surface area contributed by atoms with Gasteiger partial charge in [0.1, 0.15) is 0 Å². The Balaban J connectivity index is 1.79. The maximum Gasteiger partial charge on any atom is 0.412 e. The molecule has 2 rings (SSSR count). The van der Waals surface area contributed by atoms with Gasteiger partial charge >= 0.3 is 6.09 Å². The summed E-state index contributed by atoms with van der Waals surface area (Å²) in [5.41, 5.74) is -0.207. The summed E-state index contributed by atoms with van der Waals surface area (Å²) in [6, 6.07) is 0. The second kappa shape index (κ2) is 4.70. The molecule has 2 saturated heterocycles. The molecule has 104 valence electrons. The number of ether oxygens (including phenoxy) is 2. The van der Waals surface area contributed by atoms with E-state index in [9.17, 15) is 9.90 Å². The second-order valence-corrected chi connectivity index (χ2v) is 6.57. The lowest BCUT2D eigenvalue weighted by atomic mass is 9.74. The largest absolute Gasteiger partial charge is 0.419 e. The van der Waals surface area contributed by atoms with Crippen LogP contribution in [0.15, 0.2) is 0 Å². The minimum absolute atomic E-state index is 0.240. The summed E-state index contributed by atoms with van der Waals surface area (Å²) in [6.45, 7) is 8.53. The van der Waals surface area contributed by atoms with E-state index in [2.05, 4.69) is 0 Å². The maximum absolute atomic E-state index is 11.8. The molecule has 2 heterocycles. The minimum atomic E-state index is -1.06. The SMILES string of the molecule is CC(C)(C)C(O)OC(=O)N1CC2(CCOCC2)C1. The molecule has 2 aliphatic heterocycles. The van der Waals surface area contributed by atoms with Gasteiger partial charge in [-0.25, -0.2) is 4.79 Å². The first-order chi connectivity index (χ1) is 8.32. The number of rotatable bonds is 1.